The predicted octanol–water partition coefficient (Wildman–Crippen LogP) is 4.62. The van der Waals surface area contributed by atoms with Gasteiger partial charge in [-0.05, 0) is 44.2 Å². The van der Waals surface area contributed by atoms with Crippen LogP contribution in [0.15, 0.2) is 36.5 Å². The van der Waals surface area contributed by atoms with Crippen LogP contribution in [0.3, 0.4) is 0 Å². The second-order valence-electron chi connectivity index (χ2n) is 8.99. The number of halogens is 3. The number of likely N-dealkylation sites (N-methyl/N-ethyl adjacent to an activating group) is 1. The van der Waals surface area contributed by atoms with Crippen molar-refractivity contribution in [2.75, 3.05) is 43.4 Å². The van der Waals surface area contributed by atoms with Crippen LogP contribution in [-0.2, 0) is 0 Å². The van der Waals surface area contributed by atoms with Gasteiger partial charge in [0.2, 0.25) is 0 Å². The Morgan fingerprint density at radius 1 is 1.16 bits per heavy atom. The average molecular weight is 530 g/mol. The summed E-state index contributed by atoms with van der Waals surface area (Å²) in [5, 5.41) is 12.6. The average Bonchev–Trinajstić information content (AvgIpc) is 3.59. The largest absolute Gasteiger partial charge is 0.424 e. The molecule has 9 nitrogen and oxygen atoms in total. The van der Waals surface area contributed by atoms with E-state index in [4.69, 9.17) is 10.00 Å². The molecule has 13 heteroatoms. The monoisotopic (exact) mass is 529 g/mol. The molecule has 37 heavy (non-hydrogen) atoms. The van der Waals surface area contributed by atoms with Gasteiger partial charge >= 0.3 is 12.2 Å². The van der Waals surface area contributed by atoms with Crippen molar-refractivity contribution >= 4 is 33.9 Å². The van der Waals surface area contributed by atoms with Crippen LogP contribution >= 0.6 is 11.3 Å². The maximum atomic E-state index is 13.3. The summed E-state index contributed by atoms with van der Waals surface area (Å²) in [7, 11) is 2.04. The Labute approximate surface area is 214 Å². The van der Waals surface area contributed by atoms with E-state index < -0.39 is 17.4 Å². The fourth-order valence-electron chi connectivity index (χ4n) is 4.03. The van der Waals surface area contributed by atoms with Gasteiger partial charge in [0.15, 0.2) is 10.9 Å². The molecule has 1 aromatic carbocycles. The van der Waals surface area contributed by atoms with Gasteiger partial charge in [-0.3, -0.25) is 4.79 Å². The van der Waals surface area contributed by atoms with Crippen LogP contribution in [0.5, 0.6) is 11.8 Å². The lowest BCUT2D eigenvalue weighted by molar-refractivity contribution is -0.171. The highest BCUT2D eigenvalue weighted by atomic mass is 32.1. The van der Waals surface area contributed by atoms with Crippen LogP contribution < -0.4 is 15.0 Å². The van der Waals surface area contributed by atoms with Gasteiger partial charge in [0.25, 0.3) is 0 Å². The number of Topliss-reactive ketones (excluding diaryl/α,β-unsaturated/α-hetero) is 1. The number of rotatable bonds is 7. The number of thiazole rings is 1. The molecule has 3 heterocycles. The maximum Gasteiger partial charge on any atom is 0.401 e. The summed E-state index contributed by atoms with van der Waals surface area (Å²) in [5.41, 5.74) is -2.29. The second kappa shape index (κ2) is 9.60. The molecule has 1 aliphatic carbocycles. The molecule has 0 unspecified atom stereocenters. The van der Waals surface area contributed by atoms with Crippen molar-refractivity contribution in [3.8, 4) is 17.8 Å². The zero-order chi connectivity index (χ0) is 26.2. The number of ketones is 1. The third-order valence-corrected chi connectivity index (χ3v) is 7.24. The first-order valence-electron chi connectivity index (χ1n) is 11.5. The van der Waals surface area contributed by atoms with Gasteiger partial charge in [0.1, 0.15) is 33.7 Å². The van der Waals surface area contributed by atoms with Crippen LogP contribution in [-0.4, -0.2) is 65.0 Å². The van der Waals surface area contributed by atoms with Crippen molar-refractivity contribution in [3.63, 3.8) is 0 Å². The van der Waals surface area contributed by atoms with E-state index in [1.807, 2.05) is 13.1 Å². The molecule has 192 valence electrons. The molecule has 0 amide bonds. The quantitative estimate of drug-likeness (QED) is 0.439. The van der Waals surface area contributed by atoms with Crippen LogP contribution in [0.1, 0.15) is 28.1 Å². The first-order valence-corrected chi connectivity index (χ1v) is 12.3. The Hall–Kier alpha value is -3.76. The molecule has 1 N–H and O–H groups in total. The molecule has 2 fully saturated rings. The zero-order valence-electron chi connectivity index (χ0n) is 19.7. The number of carbonyl (C=O) groups is 1. The summed E-state index contributed by atoms with van der Waals surface area (Å²) < 4.78 is 45.8. The first kappa shape index (κ1) is 24.9. The molecule has 2 aromatic heterocycles. The van der Waals surface area contributed by atoms with E-state index in [0.717, 1.165) is 26.2 Å². The minimum absolute atomic E-state index is 0.0176. The van der Waals surface area contributed by atoms with Crippen molar-refractivity contribution in [2.45, 2.75) is 19.0 Å². The minimum Gasteiger partial charge on any atom is -0.424 e. The van der Waals surface area contributed by atoms with Crippen LogP contribution in [0.25, 0.3) is 0 Å². The summed E-state index contributed by atoms with van der Waals surface area (Å²) in [6, 6.07) is 9.33. The van der Waals surface area contributed by atoms with Gasteiger partial charge in [-0.1, -0.05) is 11.3 Å². The van der Waals surface area contributed by atoms with E-state index in [0.29, 0.717) is 21.6 Å². The van der Waals surface area contributed by atoms with Gasteiger partial charge < -0.3 is 19.9 Å². The molecule has 5 rings (SSSR count). The van der Waals surface area contributed by atoms with E-state index >= 15 is 0 Å². The number of anilines is 3. The summed E-state index contributed by atoms with van der Waals surface area (Å²) in [4.78, 5) is 30.3. The lowest BCUT2D eigenvalue weighted by atomic mass is 9.94. The number of piperazine rings is 1. The Bertz CT molecular complexity index is 1340. The topological polar surface area (TPSA) is 107 Å². The van der Waals surface area contributed by atoms with Crippen LogP contribution in [0.2, 0.25) is 0 Å². The van der Waals surface area contributed by atoms with Crippen LogP contribution in [0, 0.1) is 16.7 Å². The molecule has 0 bridgehead atoms. The fourth-order valence-corrected chi connectivity index (χ4v) is 4.65. The highest BCUT2D eigenvalue weighted by Gasteiger charge is 2.68. The number of nitrogens with zero attached hydrogens (tertiary/aromatic N) is 6. The minimum atomic E-state index is -4.56. The Kier molecular flexibility index (Phi) is 6.47. The number of aromatic nitrogens is 3. The molecule has 1 aliphatic heterocycles. The molecular weight excluding hydrogens is 507 g/mol. The van der Waals surface area contributed by atoms with Crippen LogP contribution in [0.4, 0.5) is 29.9 Å². The number of hydrogen-bond acceptors (Lipinski definition) is 10. The van der Waals surface area contributed by atoms with Crippen molar-refractivity contribution in [1.29, 1.82) is 5.26 Å². The Balaban J connectivity index is 1.38. The third-order valence-electron chi connectivity index (χ3n) is 6.42. The molecule has 0 atom stereocenters. The van der Waals surface area contributed by atoms with E-state index in [9.17, 15) is 18.0 Å². The van der Waals surface area contributed by atoms with Gasteiger partial charge in [-0.15, -0.1) is 0 Å². The highest BCUT2D eigenvalue weighted by molar-refractivity contribution is 7.16. The second-order valence-corrected chi connectivity index (χ2v) is 10.0. The Morgan fingerprint density at radius 2 is 1.86 bits per heavy atom. The molecule has 1 saturated heterocycles. The number of nitriles is 1. The van der Waals surface area contributed by atoms with Gasteiger partial charge in [0.05, 0.1) is 6.20 Å². The molecule has 2 aliphatic rings. The number of carbonyl (C=O) groups excluding carboxylic acids is 1. The maximum absolute atomic E-state index is 13.3. The van der Waals surface area contributed by atoms with Gasteiger partial charge in [-0.2, -0.15) is 28.4 Å². The SMILES string of the molecule is CN1CCN(c2cc(Nc3ncc(C#N)s3)nc(Oc3ccc(C(=O)C4(C(F)(F)F)CC4)cc3)n2)CC1. The lowest BCUT2D eigenvalue weighted by Gasteiger charge is -2.33. The molecule has 0 radical (unpaired) electrons. The molecule has 1 saturated carbocycles. The van der Waals surface area contributed by atoms with Gasteiger partial charge in [-0.25, -0.2) is 4.98 Å². The van der Waals surface area contributed by atoms with Crippen molar-refractivity contribution in [2.24, 2.45) is 5.41 Å². The van der Waals surface area contributed by atoms with Crippen molar-refractivity contribution < 1.29 is 22.7 Å². The molecular formula is C24H22F3N7O2S. The number of nitrogens with one attached hydrogen (secondary N) is 1. The van der Waals surface area contributed by atoms with E-state index in [1.54, 1.807) is 6.07 Å². The van der Waals surface area contributed by atoms with Gasteiger partial charge in [0, 0.05) is 37.8 Å². The molecule has 0 spiro atoms. The summed E-state index contributed by atoms with van der Waals surface area (Å²) in [6.07, 6.45) is -3.48. The number of hydrogen-bond donors (Lipinski definition) is 1. The predicted molar refractivity (Wildman–Crippen MR) is 130 cm³/mol. The number of benzene rings is 1. The van der Waals surface area contributed by atoms with Crippen molar-refractivity contribution in [1.82, 2.24) is 19.9 Å². The lowest BCUT2D eigenvalue weighted by Crippen LogP contribution is -2.44. The summed E-state index contributed by atoms with van der Waals surface area (Å²) in [6.45, 7) is 3.21. The highest BCUT2D eigenvalue weighted by Crippen LogP contribution is 2.59. The first-order chi connectivity index (χ1) is 17.7. The van der Waals surface area contributed by atoms with E-state index in [2.05, 4.69) is 30.1 Å². The summed E-state index contributed by atoms with van der Waals surface area (Å²) >= 11 is 1.18. The van der Waals surface area contributed by atoms with E-state index in [1.165, 1.54) is 41.8 Å². The summed E-state index contributed by atoms with van der Waals surface area (Å²) in [5.74, 6) is 0.387. The number of alkyl halides is 3. The number of ether oxygens (including phenoxy) is 1. The Morgan fingerprint density at radius 3 is 2.46 bits per heavy atom. The van der Waals surface area contributed by atoms with Crippen molar-refractivity contribution in [3.05, 3.63) is 47.0 Å². The third kappa shape index (κ3) is 5.21. The fraction of sp³-hybridized carbons (Fsp3) is 0.375. The molecule has 3 aromatic rings. The normalized spacial score (nSPS) is 17.2. The van der Waals surface area contributed by atoms with E-state index in [-0.39, 0.29) is 30.2 Å². The zero-order valence-corrected chi connectivity index (χ0v) is 20.6. The standard InChI is InChI=1S/C24H22F3N7O2S/c1-33-8-10-34(11-9-33)19-12-18(31-22-29-14-17(13-28)37-22)30-21(32-19)36-16-4-2-15(3-5-16)20(35)23(6-7-23)24(25,26)27/h2-5,12,14H,6-11H2,1H3,(H,29,30,31,32). The smallest absolute Gasteiger partial charge is 0.401 e.